The van der Waals surface area contributed by atoms with Crippen molar-refractivity contribution >= 4 is 11.7 Å². The number of benzene rings is 2. The number of nitrogen functional groups attached to an aromatic ring is 1. The molecule has 0 unspecified atom stereocenters. The van der Waals surface area contributed by atoms with Crippen molar-refractivity contribution < 1.29 is 19.0 Å². The fourth-order valence-corrected chi connectivity index (χ4v) is 1.85. The number of hydrogen-bond acceptors (Lipinski definition) is 5. The minimum Gasteiger partial charge on any atom is -0.494 e. The zero-order chi connectivity index (χ0) is 15.1. The first-order valence-corrected chi connectivity index (χ1v) is 6.43. The standard InChI is InChI=1S/C16H17NO4/c1-19-15-13(8-5-9-14(15)17)16(18)21-11-20-10-12-6-3-2-4-7-12/h2-9H,10-11,17H2,1H3. The van der Waals surface area contributed by atoms with Gasteiger partial charge in [-0.15, -0.1) is 0 Å². The van der Waals surface area contributed by atoms with Crippen LogP contribution in [-0.2, 0) is 16.1 Å². The molecule has 0 fully saturated rings. The lowest BCUT2D eigenvalue weighted by atomic mass is 10.2. The summed E-state index contributed by atoms with van der Waals surface area (Å²) in [6.45, 7) is 0.244. The Bertz CT molecular complexity index is 598. The van der Waals surface area contributed by atoms with Crippen molar-refractivity contribution in [1.82, 2.24) is 0 Å². The molecule has 110 valence electrons. The molecule has 5 nitrogen and oxygen atoms in total. The molecule has 5 heteroatoms. The van der Waals surface area contributed by atoms with Crippen LogP contribution in [0.4, 0.5) is 5.69 Å². The summed E-state index contributed by atoms with van der Waals surface area (Å²) in [6, 6.07) is 14.5. The number of carbonyl (C=O) groups is 1. The molecule has 0 heterocycles. The molecule has 0 saturated carbocycles. The second-order valence-electron chi connectivity index (χ2n) is 4.31. The number of para-hydroxylation sites is 1. The Morgan fingerprint density at radius 1 is 1.10 bits per heavy atom. The summed E-state index contributed by atoms with van der Waals surface area (Å²) in [5.41, 5.74) is 7.41. The third-order valence-corrected chi connectivity index (χ3v) is 2.85. The molecule has 0 aromatic heterocycles. The topological polar surface area (TPSA) is 70.8 Å². The average Bonchev–Trinajstić information content (AvgIpc) is 2.52. The monoisotopic (exact) mass is 287 g/mol. The van der Waals surface area contributed by atoms with Crippen molar-refractivity contribution in [3.63, 3.8) is 0 Å². The number of hydrogen-bond donors (Lipinski definition) is 1. The molecule has 0 saturated heterocycles. The molecule has 0 aliphatic rings. The predicted molar refractivity (Wildman–Crippen MR) is 78.9 cm³/mol. The van der Waals surface area contributed by atoms with Crippen molar-refractivity contribution in [1.29, 1.82) is 0 Å². The van der Waals surface area contributed by atoms with E-state index in [9.17, 15) is 4.79 Å². The van der Waals surface area contributed by atoms with Gasteiger partial charge in [0.1, 0.15) is 5.56 Å². The van der Waals surface area contributed by atoms with Crippen LogP contribution in [0, 0.1) is 0 Å². The van der Waals surface area contributed by atoms with E-state index in [1.165, 1.54) is 7.11 Å². The summed E-state index contributed by atoms with van der Waals surface area (Å²) in [6.07, 6.45) is 0. The van der Waals surface area contributed by atoms with Crippen molar-refractivity contribution in [2.45, 2.75) is 6.61 Å². The van der Waals surface area contributed by atoms with Gasteiger partial charge in [-0.25, -0.2) is 4.79 Å². The fraction of sp³-hybridized carbons (Fsp3) is 0.188. The molecule has 21 heavy (non-hydrogen) atoms. The average molecular weight is 287 g/mol. The number of carbonyl (C=O) groups excluding carboxylic acids is 1. The Hall–Kier alpha value is -2.53. The number of nitrogens with two attached hydrogens (primary N) is 1. The van der Waals surface area contributed by atoms with E-state index in [1.807, 2.05) is 30.3 Å². The van der Waals surface area contributed by atoms with Gasteiger partial charge in [0, 0.05) is 0 Å². The highest BCUT2D eigenvalue weighted by atomic mass is 16.7. The normalized spacial score (nSPS) is 10.1. The molecule has 0 amide bonds. The second kappa shape index (κ2) is 7.31. The molecule has 0 aliphatic carbocycles. The zero-order valence-electron chi connectivity index (χ0n) is 11.7. The molecule has 0 spiro atoms. The molecule has 2 N–H and O–H groups in total. The summed E-state index contributed by atoms with van der Waals surface area (Å²) in [5, 5.41) is 0. The third kappa shape index (κ3) is 3.97. The highest BCUT2D eigenvalue weighted by Gasteiger charge is 2.15. The van der Waals surface area contributed by atoms with E-state index in [-0.39, 0.29) is 12.4 Å². The summed E-state index contributed by atoms with van der Waals surface area (Å²) in [5.74, 6) is -0.224. The minimum atomic E-state index is -0.535. The Morgan fingerprint density at radius 3 is 2.57 bits per heavy atom. The van der Waals surface area contributed by atoms with Gasteiger partial charge < -0.3 is 19.9 Å². The first-order chi connectivity index (χ1) is 10.2. The Labute approximate surface area is 123 Å². The maximum atomic E-state index is 12.0. The summed E-state index contributed by atoms with van der Waals surface area (Å²) in [7, 11) is 1.45. The summed E-state index contributed by atoms with van der Waals surface area (Å²) >= 11 is 0. The highest BCUT2D eigenvalue weighted by molar-refractivity contribution is 5.94. The molecule has 0 radical (unpaired) electrons. The van der Waals surface area contributed by atoms with E-state index < -0.39 is 5.97 Å². The van der Waals surface area contributed by atoms with Crippen LogP contribution in [0.1, 0.15) is 15.9 Å². The molecule has 2 aromatic carbocycles. The largest absolute Gasteiger partial charge is 0.494 e. The van der Waals surface area contributed by atoms with Crippen LogP contribution in [0.15, 0.2) is 48.5 Å². The van der Waals surface area contributed by atoms with E-state index in [2.05, 4.69) is 0 Å². The van der Waals surface area contributed by atoms with Gasteiger partial charge in [0.05, 0.1) is 19.4 Å². The van der Waals surface area contributed by atoms with Crippen molar-refractivity contribution in [2.24, 2.45) is 0 Å². The van der Waals surface area contributed by atoms with Crippen LogP contribution in [0.5, 0.6) is 5.75 Å². The quantitative estimate of drug-likeness (QED) is 0.383. The number of esters is 1. The minimum absolute atomic E-state index is 0.133. The zero-order valence-corrected chi connectivity index (χ0v) is 11.7. The molecule has 2 aromatic rings. The third-order valence-electron chi connectivity index (χ3n) is 2.85. The molecule has 0 atom stereocenters. The lowest BCUT2D eigenvalue weighted by Gasteiger charge is -2.10. The van der Waals surface area contributed by atoms with Crippen LogP contribution in [0.2, 0.25) is 0 Å². The van der Waals surface area contributed by atoms with Crippen LogP contribution >= 0.6 is 0 Å². The number of rotatable bonds is 6. The van der Waals surface area contributed by atoms with Crippen molar-refractivity contribution in [3.05, 3.63) is 59.7 Å². The van der Waals surface area contributed by atoms with Gasteiger partial charge in [0.2, 0.25) is 0 Å². The maximum absolute atomic E-state index is 12.0. The van der Waals surface area contributed by atoms with Crippen molar-refractivity contribution in [3.8, 4) is 5.75 Å². The number of anilines is 1. The summed E-state index contributed by atoms with van der Waals surface area (Å²) in [4.78, 5) is 12.0. The van der Waals surface area contributed by atoms with Crippen molar-refractivity contribution in [2.75, 3.05) is 19.6 Å². The van der Waals surface area contributed by atoms with Gasteiger partial charge in [-0.05, 0) is 17.7 Å². The van der Waals surface area contributed by atoms with Crippen LogP contribution in [-0.4, -0.2) is 19.9 Å². The van der Waals surface area contributed by atoms with Gasteiger partial charge in [-0.2, -0.15) is 0 Å². The first-order valence-electron chi connectivity index (χ1n) is 6.43. The first kappa shape index (κ1) is 14.9. The predicted octanol–water partition coefficient (Wildman–Crippen LogP) is 2.61. The smallest absolute Gasteiger partial charge is 0.344 e. The SMILES string of the molecule is COc1c(N)cccc1C(=O)OCOCc1ccccc1. The fourth-order valence-electron chi connectivity index (χ4n) is 1.85. The van der Waals surface area contributed by atoms with Gasteiger partial charge in [0.25, 0.3) is 0 Å². The molecule has 2 rings (SSSR count). The van der Waals surface area contributed by atoms with E-state index in [4.69, 9.17) is 19.9 Å². The molecular weight excluding hydrogens is 270 g/mol. The molecular formula is C16H17NO4. The molecule has 0 aliphatic heterocycles. The Kier molecular flexibility index (Phi) is 5.17. The van der Waals surface area contributed by atoms with Gasteiger partial charge >= 0.3 is 5.97 Å². The van der Waals surface area contributed by atoms with E-state index in [1.54, 1.807) is 18.2 Å². The van der Waals surface area contributed by atoms with Crippen LogP contribution in [0.25, 0.3) is 0 Å². The highest BCUT2D eigenvalue weighted by Crippen LogP contribution is 2.26. The van der Waals surface area contributed by atoms with E-state index >= 15 is 0 Å². The lowest BCUT2D eigenvalue weighted by molar-refractivity contribution is -0.0382. The van der Waals surface area contributed by atoms with E-state index in [0.29, 0.717) is 18.0 Å². The van der Waals surface area contributed by atoms with Gasteiger partial charge in [0.15, 0.2) is 12.5 Å². The molecule has 0 bridgehead atoms. The Morgan fingerprint density at radius 2 is 1.86 bits per heavy atom. The van der Waals surface area contributed by atoms with Gasteiger partial charge in [-0.3, -0.25) is 0 Å². The van der Waals surface area contributed by atoms with Gasteiger partial charge in [-0.1, -0.05) is 36.4 Å². The Balaban J connectivity index is 1.86. The number of methoxy groups -OCH3 is 1. The van der Waals surface area contributed by atoms with Crippen LogP contribution < -0.4 is 10.5 Å². The maximum Gasteiger partial charge on any atom is 0.344 e. The van der Waals surface area contributed by atoms with E-state index in [0.717, 1.165) is 5.56 Å². The second-order valence-corrected chi connectivity index (χ2v) is 4.31. The van der Waals surface area contributed by atoms with Crippen LogP contribution in [0.3, 0.4) is 0 Å². The summed E-state index contributed by atoms with van der Waals surface area (Å²) < 4.78 is 15.5. The number of ether oxygens (including phenoxy) is 3. The lowest BCUT2D eigenvalue weighted by Crippen LogP contribution is -2.11.